The Morgan fingerprint density at radius 1 is 1.19 bits per heavy atom. The first kappa shape index (κ1) is 13.8. The average molecular weight is 320 g/mol. The monoisotopic (exact) mass is 320 g/mol. The minimum Gasteiger partial charge on any atom is -0.308 e. The molecule has 21 heavy (non-hydrogen) atoms. The van der Waals surface area contributed by atoms with E-state index in [-0.39, 0.29) is 0 Å². The first-order valence-electron chi connectivity index (χ1n) is 7.74. The molecule has 0 spiro atoms. The number of nitrogens with one attached hydrogen (secondary N) is 1. The van der Waals surface area contributed by atoms with Crippen LogP contribution in [0.4, 0.5) is 5.82 Å². The standard InChI is InChI=1S/C15H20N4S2/c16-19-14-13-10-6-3-7-11(10)21-15(13)18-12(17-14)8-20-9-4-1-2-5-9/h9H,1-8,16H2,(H,17,18,19). The predicted octanol–water partition coefficient (Wildman–Crippen LogP) is 3.64. The fourth-order valence-corrected chi connectivity index (χ4v) is 5.92. The van der Waals surface area contributed by atoms with Gasteiger partial charge in [-0.2, -0.15) is 11.8 Å². The van der Waals surface area contributed by atoms with E-state index < -0.39 is 0 Å². The summed E-state index contributed by atoms with van der Waals surface area (Å²) in [5.74, 6) is 8.36. The van der Waals surface area contributed by atoms with E-state index in [1.807, 2.05) is 23.1 Å². The number of hydrogen-bond donors (Lipinski definition) is 2. The van der Waals surface area contributed by atoms with Crippen molar-refractivity contribution < 1.29 is 0 Å². The lowest BCUT2D eigenvalue weighted by atomic mass is 10.2. The maximum Gasteiger partial charge on any atom is 0.152 e. The molecule has 1 saturated carbocycles. The molecule has 2 heterocycles. The van der Waals surface area contributed by atoms with Crippen molar-refractivity contribution in [1.29, 1.82) is 0 Å². The molecule has 0 amide bonds. The Hall–Kier alpha value is -0.850. The molecule has 0 aliphatic heterocycles. The second-order valence-corrected chi connectivity index (χ2v) is 8.26. The highest BCUT2D eigenvalue weighted by Crippen LogP contribution is 2.40. The van der Waals surface area contributed by atoms with Gasteiger partial charge in [0.25, 0.3) is 0 Å². The van der Waals surface area contributed by atoms with Crippen molar-refractivity contribution in [3.8, 4) is 0 Å². The van der Waals surface area contributed by atoms with Crippen LogP contribution in [0, 0.1) is 0 Å². The lowest BCUT2D eigenvalue weighted by molar-refractivity contribution is 0.886. The predicted molar refractivity (Wildman–Crippen MR) is 90.8 cm³/mol. The third-order valence-electron chi connectivity index (χ3n) is 4.50. The molecule has 0 radical (unpaired) electrons. The highest BCUT2D eigenvalue weighted by atomic mass is 32.2. The first-order valence-corrected chi connectivity index (χ1v) is 9.61. The number of thioether (sulfide) groups is 1. The van der Waals surface area contributed by atoms with E-state index in [0.29, 0.717) is 0 Å². The van der Waals surface area contributed by atoms with Gasteiger partial charge in [0, 0.05) is 10.1 Å². The minimum absolute atomic E-state index is 0.798. The molecular weight excluding hydrogens is 300 g/mol. The fourth-order valence-electron chi connectivity index (χ4n) is 3.46. The quantitative estimate of drug-likeness (QED) is 0.665. The van der Waals surface area contributed by atoms with Crippen LogP contribution in [0.15, 0.2) is 0 Å². The molecule has 2 aliphatic rings. The molecular formula is C15H20N4S2. The van der Waals surface area contributed by atoms with Gasteiger partial charge in [-0.1, -0.05) is 12.8 Å². The van der Waals surface area contributed by atoms with E-state index in [4.69, 9.17) is 10.8 Å². The van der Waals surface area contributed by atoms with E-state index in [9.17, 15) is 0 Å². The van der Waals surface area contributed by atoms with Crippen LogP contribution in [0.3, 0.4) is 0 Å². The number of fused-ring (bicyclic) bond motifs is 3. The van der Waals surface area contributed by atoms with Crippen LogP contribution in [0.2, 0.25) is 0 Å². The van der Waals surface area contributed by atoms with Crippen LogP contribution >= 0.6 is 23.1 Å². The molecule has 0 aromatic carbocycles. The zero-order valence-corrected chi connectivity index (χ0v) is 13.7. The lowest BCUT2D eigenvalue weighted by Gasteiger charge is -2.09. The zero-order chi connectivity index (χ0) is 14.2. The van der Waals surface area contributed by atoms with Crippen LogP contribution in [0.5, 0.6) is 0 Å². The molecule has 2 aromatic rings. The lowest BCUT2D eigenvalue weighted by Crippen LogP contribution is -2.11. The number of nitrogens with two attached hydrogens (primary N) is 1. The Kier molecular flexibility index (Phi) is 3.77. The molecule has 4 rings (SSSR count). The topological polar surface area (TPSA) is 63.8 Å². The second-order valence-electron chi connectivity index (χ2n) is 5.89. The van der Waals surface area contributed by atoms with Crippen molar-refractivity contribution in [2.24, 2.45) is 5.84 Å². The number of aryl methyl sites for hydroxylation is 2. The van der Waals surface area contributed by atoms with Crippen molar-refractivity contribution >= 4 is 39.1 Å². The van der Waals surface area contributed by atoms with Crippen LogP contribution in [0.1, 0.15) is 48.4 Å². The summed E-state index contributed by atoms with van der Waals surface area (Å²) in [5, 5.41) is 1.97. The highest BCUT2D eigenvalue weighted by molar-refractivity contribution is 7.99. The third-order valence-corrected chi connectivity index (χ3v) is 7.05. The SMILES string of the molecule is NNc1nc(CSC2CCCC2)nc2sc3c(c12)CCC3. The van der Waals surface area contributed by atoms with E-state index in [0.717, 1.165) is 33.9 Å². The Bertz CT molecular complexity index is 661. The molecule has 6 heteroatoms. The van der Waals surface area contributed by atoms with Gasteiger partial charge >= 0.3 is 0 Å². The van der Waals surface area contributed by atoms with Crippen molar-refractivity contribution in [2.75, 3.05) is 5.43 Å². The summed E-state index contributed by atoms with van der Waals surface area (Å²) in [6, 6.07) is 0. The van der Waals surface area contributed by atoms with Gasteiger partial charge in [0.15, 0.2) is 5.82 Å². The van der Waals surface area contributed by atoms with Gasteiger partial charge in [0.1, 0.15) is 10.7 Å². The van der Waals surface area contributed by atoms with E-state index in [1.54, 1.807) is 0 Å². The van der Waals surface area contributed by atoms with Gasteiger partial charge in [0.05, 0.1) is 11.1 Å². The van der Waals surface area contributed by atoms with E-state index in [2.05, 4.69) is 10.4 Å². The maximum absolute atomic E-state index is 5.71. The van der Waals surface area contributed by atoms with Crippen molar-refractivity contribution in [3.63, 3.8) is 0 Å². The molecule has 112 valence electrons. The molecule has 2 aliphatic carbocycles. The number of hydrazine groups is 1. The summed E-state index contributed by atoms with van der Waals surface area (Å²) in [6.07, 6.45) is 9.04. The molecule has 0 atom stereocenters. The van der Waals surface area contributed by atoms with E-state index in [1.165, 1.54) is 54.4 Å². The van der Waals surface area contributed by atoms with Gasteiger partial charge in [-0.25, -0.2) is 15.8 Å². The van der Waals surface area contributed by atoms with Gasteiger partial charge in [-0.3, -0.25) is 0 Å². The fraction of sp³-hybridized carbons (Fsp3) is 0.600. The van der Waals surface area contributed by atoms with Gasteiger partial charge in [-0.15, -0.1) is 11.3 Å². The molecule has 0 bridgehead atoms. The van der Waals surface area contributed by atoms with Crippen LogP contribution in [0.25, 0.3) is 10.2 Å². The van der Waals surface area contributed by atoms with E-state index >= 15 is 0 Å². The largest absolute Gasteiger partial charge is 0.308 e. The highest BCUT2D eigenvalue weighted by Gasteiger charge is 2.22. The Labute approximate surface area is 132 Å². The molecule has 3 N–H and O–H groups in total. The van der Waals surface area contributed by atoms with Crippen molar-refractivity contribution in [1.82, 2.24) is 9.97 Å². The van der Waals surface area contributed by atoms with Crippen molar-refractivity contribution in [3.05, 3.63) is 16.3 Å². The Morgan fingerprint density at radius 2 is 2.05 bits per heavy atom. The number of nitrogen functional groups attached to an aromatic ring is 1. The molecule has 0 saturated heterocycles. The smallest absolute Gasteiger partial charge is 0.152 e. The van der Waals surface area contributed by atoms with Gasteiger partial charge in [0.2, 0.25) is 0 Å². The normalized spacial score (nSPS) is 18.5. The number of rotatable bonds is 4. The van der Waals surface area contributed by atoms with Crippen LogP contribution in [-0.2, 0) is 18.6 Å². The molecule has 1 fully saturated rings. The number of nitrogens with zero attached hydrogens (tertiary/aromatic N) is 2. The summed E-state index contributed by atoms with van der Waals surface area (Å²) in [7, 11) is 0. The minimum atomic E-state index is 0.798. The van der Waals surface area contributed by atoms with Gasteiger partial charge in [-0.05, 0) is 37.7 Å². The number of thiophene rings is 1. The Morgan fingerprint density at radius 3 is 2.86 bits per heavy atom. The number of hydrogen-bond acceptors (Lipinski definition) is 6. The summed E-state index contributed by atoms with van der Waals surface area (Å²) >= 11 is 3.84. The van der Waals surface area contributed by atoms with Gasteiger partial charge < -0.3 is 5.43 Å². The maximum atomic E-state index is 5.71. The summed E-state index contributed by atoms with van der Waals surface area (Å²) in [4.78, 5) is 12.1. The molecule has 4 nitrogen and oxygen atoms in total. The first-order chi connectivity index (χ1) is 10.3. The summed E-state index contributed by atoms with van der Waals surface area (Å²) in [5.41, 5.74) is 4.23. The summed E-state index contributed by atoms with van der Waals surface area (Å²) < 4.78 is 0. The van der Waals surface area contributed by atoms with Crippen molar-refractivity contribution in [2.45, 2.75) is 55.9 Å². The zero-order valence-electron chi connectivity index (χ0n) is 12.0. The Balaban J connectivity index is 1.64. The molecule has 0 unspecified atom stereocenters. The number of aromatic nitrogens is 2. The van der Waals surface area contributed by atoms with Crippen LogP contribution in [-0.4, -0.2) is 15.2 Å². The van der Waals surface area contributed by atoms with Crippen LogP contribution < -0.4 is 11.3 Å². The third kappa shape index (κ3) is 2.53. The molecule has 2 aromatic heterocycles. The second kappa shape index (κ2) is 5.74. The summed E-state index contributed by atoms with van der Waals surface area (Å²) in [6.45, 7) is 0. The number of anilines is 1. The average Bonchev–Trinajstić information content (AvgIpc) is 3.20.